The Labute approximate surface area is 162 Å². The third-order valence-electron chi connectivity index (χ3n) is 5.05. The van der Waals surface area contributed by atoms with Crippen molar-refractivity contribution in [1.82, 2.24) is 0 Å². The quantitative estimate of drug-likeness (QED) is 0.598. The summed E-state index contributed by atoms with van der Waals surface area (Å²) in [6.45, 7) is 5.77. The second-order valence-electron chi connectivity index (χ2n) is 6.92. The van der Waals surface area contributed by atoms with Gasteiger partial charge in [-0.3, -0.25) is 20.2 Å². The van der Waals surface area contributed by atoms with Crippen molar-refractivity contribution >= 4 is 17.1 Å². The molecule has 0 bridgehead atoms. The molecule has 1 N–H and O–H groups in total. The largest absolute Gasteiger partial charge is 0.496 e. The lowest BCUT2D eigenvalue weighted by Crippen LogP contribution is -3.13. The van der Waals surface area contributed by atoms with E-state index in [9.17, 15) is 20.2 Å². The number of rotatable bonds is 6. The van der Waals surface area contributed by atoms with Crippen molar-refractivity contribution < 1.29 is 19.5 Å². The molecule has 1 heterocycles. The highest BCUT2D eigenvalue weighted by Gasteiger charge is 2.28. The zero-order chi connectivity index (χ0) is 20.3. The first kappa shape index (κ1) is 19.6. The van der Waals surface area contributed by atoms with E-state index in [2.05, 4.69) is 6.07 Å². The van der Waals surface area contributed by atoms with Gasteiger partial charge in [0.2, 0.25) is 0 Å². The number of hydrogen-bond acceptors (Lipinski definition) is 6. The molecule has 1 aliphatic rings. The molecule has 0 aromatic heterocycles. The topological polar surface area (TPSA) is 103 Å². The molecule has 0 radical (unpaired) electrons. The second-order valence-corrected chi connectivity index (χ2v) is 6.92. The molecule has 1 fully saturated rings. The molecule has 2 aromatic rings. The van der Waals surface area contributed by atoms with Gasteiger partial charge in [-0.25, -0.2) is 0 Å². The summed E-state index contributed by atoms with van der Waals surface area (Å²) in [6, 6.07) is 9.94. The van der Waals surface area contributed by atoms with E-state index < -0.39 is 9.85 Å². The molecule has 9 heteroatoms. The van der Waals surface area contributed by atoms with Crippen LogP contribution in [0.15, 0.2) is 36.4 Å². The zero-order valence-corrected chi connectivity index (χ0v) is 15.9. The second kappa shape index (κ2) is 8.22. The predicted octanol–water partition coefficient (Wildman–Crippen LogP) is 1.73. The standard InChI is InChI=1S/C19H22N4O5/c1-14-3-6-19(28-2)15(11-14)13-20-7-9-21(10-8-20)17-5-4-16(22(24)25)12-18(17)23(26)27/h3-6,11-12H,7-10,13H2,1-2H3/p+1. The van der Waals surface area contributed by atoms with E-state index in [-0.39, 0.29) is 11.4 Å². The van der Waals surface area contributed by atoms with Gasteiger partial charge in [-0.2, -0.15) is 0 Å². The van der Waals surface area contributed by atoms with Crippen molar-refractivity contribution in [1.29, 1.82) is 0 Å². The van der Waals surface area contributed by atoms with Crippen molar-refractivity contribution in [3.8, 4) is 5.75 Å². The number of hydrogen-bond donors (Lipinski definition) is 1. The summed E-state index contributed by atoms with van der Waals surface area (Å²) in [5, 5.41) is 22.3. The molecule has 148 valence electrons. The van der Waals surface area contributed by atoms with Gasteiger partial charge in [0.25, 0.3) is 11.4 Å². The number of piperazine rings is 1. The summed E-state index contributed by atoms with van der Waals surface area (Å²) in [6.07, 6.45) is 0. The minimum atomic E-state index is -0.617. The first-order chi connectivity index (χ1) is 13.4. The highest BCUT2D eigenvalue weighted by atomic mass is 16.6. The Kier molecular flexibility index (Phi) is 5.74. The van der Waals surface area contributed by atoms with Crippen LogP contribution in [0, 0.1) is 27.2 Å². The normalized spacial score (nSPS) is 14.7. The molecule has 0 saturated carbocycles. The van der Waals surface area contributed by atoms with Gasteiger partial charge < -0.3 is 14.5 Å². The summed E-state index contributed by atoms with van der Waals surface area (Å²) in [5.74, 6) is 0.867. The fourth-order valence-corrected chi connectivity index (χ4v) is 3.59. The number of nitrogens with zero attached hydrogens (tertiary/aromatic N) is 3. The lowest BCUT2D eigenvalue weighted by Gasteiger charge is -2.33. The summed E-state index contributed by atoms with van der Waals surface area (Å²) in [4.78, 5) is 24.4. The smallest absolute Gasteiger partial charge is 0.299 e. The molecule has 28 heavy (non-hydrogen) atoms. The van der Waals surface area contributed by atoms with Crippen LogP contribution in [0.3, 0.4) is 0 Å². The highest BCUT2D eigenvalue weighted by molar-refractivity contribution is 5.67. The van der Waals surface area contributed by atoms with Crippen molar-refractivity contribution in [2.75, 3.05) is 38.2 Å². The maximum atomic E-state index is 11.4. The molecule has 9 nitrogen and oxygen atoms in total. The Hall–Kier alpha value is -3.20. The van der Waals surface area contributed by atoms with Gasteiger partial charge in [0.1, 0.15) is 18.0 Å². The molecule has 0 aliphatic carbocycles. The number of benzene rings is 2. The first-order valence-corrected chi connectivity index (χ1v) is 9.04. The summed E-state index contributed by atoms with van der Waals surface area (Å²) in [5.41, 5.74) is 2.26. The monoisotopic (exact) mass is 387 g/mol. The van der Waals surface area contributed by atoms with E-state index in [1.165, 1.54) is 22.6 Å². The third-order valence-corrected chi connectivity index (χ3v) is 5.05. The van der Waals surface area contributed by atoms with Crippen LogP contribution in [0.2, 0.25) is 0 Å². The lowest BCUT2D eigenvalue weighted by molar-refractivity contribution is -0.914. The molecule has 2 aromatic carbocycles. The number of anilines is 1. The van der Waals surface area contributed by atoms with Crippen molar-refractivity contribution in [3.05, 3.63) is 67.8 Å². The number of nitro groups is 2. The Bertz CT molecular complexity index is 894. The van der Waals surface area contributed by atoms with Gasteiger partial charge >= 0.3 is 0 Å². The zero-order valence-electron chi connectivity index (χ0n) is 15.9. The molecule has 1 saturated heterocycles. The Morgan fingerprint density at radius 3 is 2.39 bits per heavy atom. The first-order valence-electron chi connectivity index (χ1n) is 9.04. The van der Waals surface area contributed by atoms with E-state index in [4.69, 9.17) is 4.74 Å². The molecule has 0 spiro atoms. The van der Waals surface area contributed by atoms with Crippen LogP contribution in [-0.2, 0) is 6.54 Å². The van der Waals surface area contributed by atoms with E-state index in [1.54, 1.807) is 7.11 Å². The average molecular weight is 387 g/mol. The number of methoxy groups -OCH3 is 1. The Balaban J connectivity index is 1.71. The highest BCUT2D eigenvalue weighted by Crippen LogP contribution is 2.32. The van der Waals surface area contributed by atoms with Crippen LogP contribution in [0.25, 0.3) is 0 Å². The maximum Gasteiger partial charge on any atom is 0.299 e. The van der Waals surface area contributed by atoms with Gasteiger partial charge in [0, 0.05) is 11.6 Å². The average Bonchev–Trinajstić information content (AvgIpc) is 2.68. The van der Waals surface area contributed by atoms with Crippen LogP contribution in [0.1, 0.15) is 11.1 Å². The maximum absolute atomic E-state index is 11.4. The van der Waals surface area contributed by atoms with E-state index in [0.29, 0.717) is 18.8 Å². The predicted molar refractivity (Wildman–Crippen MR) is 104 cm³/mol. The van der Waals surface area contributed by atoms with Crippen molar-refractivity contribution in [3.63, 3.8) is 0 Å². The summed E-state index contributed by atoms with van der Waals surface area (Å²) in [7, 11) is 1.66. The van der Waals surface area contributed by atoms with Crippen LogP contribution >= 0.6 is 0 Å². The Morgan fingerprint density at radius 1 is 1.07 bits per heavy atom. The fourth-order valence-electron chi connectivity index (χ4n) is 3.59. The number of quaternary nitrogens is 1. The fraction of sp³-hybridized carbons (Fsp3) is 0.368. The number of non-ortho nitro benzene ring substituents is 1. The van der Waals surface area contributed by atoms with Gasteiger partial charge in [0.05, 0.1) is 49.2 Å². The van der Waals surface area contributed by atoms with E-state index >= 15 is 0 Å². The van der Waals surface area contributed by atoms with Gasteiger partial charge in [-0.05, 0) is 25.1 Å². The SMILES string of the molecule is COc1ccc(C)cc1C[NH+]1CCN(c2ccc([N+](=O)[O-])cc2[N+](=O)[O-])CC1. The molecular formula is C19H23N4O5+. The molecule has 0 atom stereocenters. The molecule has 3 rings (SSSR count). The number of nitrogens with one attached hydrogen (secondary N) is 1. The van der Waals surface area contributed by atoms with Crippen molar-refractivity contribution in [2.45, 2.75) is 13.5 Å². The van der Waals surface area contributed by atoms with E-state index in [0.717, 1.165) is 37.0 Å². The lowest BCUT2D eigenvalue weighted by atomic mass is 10.1. The van der Waals surface area contributed by atoms with Gasteiger partial charge in [0.15, 0.2) is 0 Å². The van der Waals surface area contributed by atoms with E-state index in [1.807, 2.05) is 24.0 Å². The molecule has 0 unspecified atom stereocenters. The third kappa shape index (κ3) is 4.20. The minimum Gasteiger partial charge on any atom is -0.496 e. The summed E-state index contributed by atoms with van der Waals surface area (Å²) < 4.78 is 5.45. The minimum absolute atomic E-state index is 0.224. The van der Waals surface area contributed by atoms with Gasteiger partial charge in [-0.1, -0.05) is 11.6 Å². The Morgan fingerprint density at radius 2 is 1.79 bits per heavy atom. The molecule has 1 aliphatic heterocycles. The van der Waals surface area contributed by atoms with Crippen LogP contribution < -0.4 is 14.5 Å². The molecular weight excluding hydrogens is 364 g/mol. The van der Waals surface area contributed by atoms with Crippen molar-refractivity contribution in [2.24, 2.45) is 0 Å². The van der Waals surface area contributed by atoms with Gasteiger partial charge in [-0.15, -0.1) is 0 Å². The van der Waals surface area contributed by atoms with Crippen LogP contribution in [0.5, 0.6) is 5.75 Å². The molecule has 0 amide bonds. The summed E-state index contributed by atoms with van der Waals surface area (Å²) >= 11 is 0. The number of aryl methyl sites for hydroxylation is 1. The van der Waals surface area contributed by atoms with Crippen LogP contribution in [0.4, 0.5) is 17.1 Å². The number of ether oxygens (including phenoxy) is 1. The number of nitro benzene ring substituents is 2. The van der Waals surface area contributed by atoms with Crippen LogP contribution in [-0.4, -0.2) is 43.1 Å².